The van der Waals surface area contributed by atoms with Crippen LogP contribution in [0.2, 0.25) is 0 Å². The molecule has 1 saturated heterocycles. The van der Waals surface area contributed by atoms with Gasteiger partial charge in [0, 0.05) is 18.7 Å². The molecule has 106 valence electrons. The molecule has 0 saturated carbocycles. The molecular formula is C16H25NO2. The van der Waals surface area contributed by atoms with Crippen molar-refractivity contribution in [2.45, 2.75) is 39.2 Å². The third-order valence-corrected chi connectivity index (χ3v) is 4.02. The molecule has 2 atom stereocenters. The number of hydrogen-bond donors (Lipinski definition) is 1. The first-order chi connectivity index (χ1) is 8.94. The van der Waals surface area contributed by atoms with Crippen molar-refractivity contribution < 1.29 is 9.47 Å². The molecule has 3 nitrogen and oxygen atoms in total. The Balaban J connectivity index is 2.19. The lowest BCUT2D eigenvalue weighted by Gasteiger charge is -2.27. The average molecular weight is 263 g/mol. The van der Waals surface area contributed by atoms with E-state index in [0.29, 0.717) is 17.4 Å². The maximum absolute atomic E-state index is 5.35. The van der Waals surface area contributed by atoms with Crippen molar-refractivity contribution in [1.29, 1.82) is 0 Å². The van der Waals surface area contributed by atoms with Gasteiger partial charge >= 0.3 is 0 Å². The van der Waals surface area contributed by atoms with Gasteiger partial charge in [-0.15, -0.1) is 0 Å². The van der Waals surface area contributed by atoms with Crippen LogP contribution in [0.3, 0.4) is 0 Å². The molecule has 2 unspecified atom stereocenters. The summed E-state index contributed by atoms with van der Waals surface area (Å²) in [6.07, 6.45) is 1.17. The monoisotopic (exact) mass is 263 g/mol. The quantitative estimate of drug-likeness (QED) is 0.908. The zero-order chi connectivity index (χ0) is 14.0. The maximum Gasteiger partial charge on any atom is 0.122 e. The first kappa shape index (κ1) is 14.2. The molecular weight excluding hydrogens is 238 g/mol. The highest BCUT2D eigenvalue weighted by Gasteiger charge is 2.33. The maximum atomic E-state index is 5.35. The predicted octanol–water partition coefficient (Wildman–Crippen LogP) is 3.20. The molecule has 1 fully saturated rings. The minimum Gasteiger partial charge on any atom is -0.497 e. The summed E-state index contributed by atoms with van der Waals surface area (Å²) < 4.78 is 10.7. The van der Waals surface area contributed by atoms with Crippen LogP contribution in [0.25, 0.3) is 0 Å². The lowest BCUT2D eigenvalue weighted by atomic mass is 9.83. The Labute approximate surface area is 116 Å². The highest BCUT2D eigenvalue weighted by atomic mass is 16.5. The summed E-state index contributed by atoms with van der Waals surface area (Å²) in [7, 11) is 3.40. The second-order valence-corrected chi connectivity index (χ2v) is 6.41. The Kier molecular flexibility index (Phi) is 4.04. The summed E-state index contributed by atoms with van der Waals surface area (Å²) in [6.45, 7) is 7.90. The van der Waals surface area contributed by atoms with E-state index in [4.69, 9.17) is 9.47 Å². The highest BCUT2D eigenvalue weighted by Crippen LogP contribution is 2.36. The summed E-state index contributed by atoms with van der Waals surface area (Å²) in [6, 6.07) is 6.74. The molecule has 3 heteroatoms. The third-order valence-electron chi connectivity index (χ3n) is 4.02. The van der Waals surface area contributed by atoms with E-state index in [1.54, 1.807) is 14.2 Å². The summed E-state index contributed by atoms with van der Waals surface area (Å²) in [5.74, 6) is 2.27. The van der Waals surface area contributed by atoms with Crippen molar-refractivity contribution in [1.82, 2.24) is 5.32 Å². The van der Waals surface area contributed by atoms with Gasteiger partial charge in [-0.05, 0) is 35.4 Å². The van der Waals surface area contributed by atoms with Gasteiger partial charge in [0.15, 0.2) is 0 Å². The Morgan fingerprint density at radius 3 is 2.05 bits per heavy atom. The van der Waals surface area contributed by atoms with Gasteiger partial charge < -0.3 is 14.8 Å². The normalized spacial score (nSPS) is 23.4. The number of nitrogens with one attached hydrogen (secondary N) is 1. The Hall–Kier alpha value is -1.22. The molecule has 2 rings (SSSR count). The Bertz CT molecular complexity index is 415. The van der Waals surface area contributed by atoms with Crippen molar-refractivity contribution in [3.63, 3.8) is 0 Å². The van der Waals surface area contributed by atoms with Gasteiger partial charge in [0.25, 0.3) is 0 Å². The molecule has 0 radical (unpaired) electrons. The number of methoxy groups -OCH3 is 2. The smallest absolute Gasteiger partial charge is 0.122 e. The van der Waals surface area contributed by atoms with Crippen LogP contribution in [0.15, 0.2) is 18.2 Å². The second-order valence-electron chi connectivity index (χ2n) is 6.41. The van der Waals surface area contributed by atoms with Crippen molar-refractivity contribution >= 4 is 0 Å². The number of hydrogen-bond acceptors (Lipinski definition) is 3. The topological polar surface area (TPSA) is 30.5 Å². The summed E-state index contributed by atoms with van der Waals surface area (Å²) in [5.41, 5.74) is 1.60. The van der Waals surface area contributed by atoms with Gasteiger partial charge in [-0.3, -0.25) is 0 Å². The molecule has 0 amide bonds. The van der Waals surface area contributed by atoms with Gasteiger partial charge in [-0.25, -0.2) is 0 Å². The molecule has 19 heavy (non-hydrogen) atoms. The van der Waals surface area contributed by atoms with Crippen LogP contribution in [0.4, 0.5) is 0 Å². The molecule has 1 aromatic carbocycles. The van der Waals surface area contributed by atoms with Gasteiger partial charge in [0.05, 0.1) is 14.2 Å². The van der Waals surface area contributed by atoms with Gasteiger partial charge in [-0.1, -0.05) is 20.8 Å². The van der Waals surface area contributed by atoms with Crippen LogP contribution in [0, 0.1) is 5.41 Å². The standard InChI is InChI=1S/C16H25NO2/c1-16(2,3)15-8-12(10-17-15)11-6-13(18-4)9-14(7-11)19-5/h6-7,9,12,15,17H,8,10H2,1-5H3. The van der Waals surface area contributed by atoms with Crippen LogP contribution >= 0.6 is 0 Å². The third kappa shape index (κ3) is 3.21. The lowest BCUT2D eigenvalue weighted by Crippen LogP contribution is -2.34. The highest BCUT2D eigenvalue weighted by molar-refractivity contribution is 5.40. The van der Waals surface area contributed by atoms with Crippen molar-refractivity contribution in [2.24, 2.45) is 5.41 Å². The summed E-state index contributed by atoms with van der Waals surface area (Å²) in [4.78, 5) is 0. The Morgan fingerprint density at radius 2 is 1.63 bits per heavy atom. The first-order valence-corrected chi connectivity index (χ1v) is 6.90. The lowest BCUT2D eigenvalue weighted by molar-refractivity contribution is 0.293. The number of ether oxygens (including phenoxy) is 2. The van der Waals surface area contributed by atoms with Crippen molar-refractivity contribution in [2.75, 3.05) is 20.8 Å². The van der Waals surface area contributed by atoms with E-state index in [1.807, 2.05) is 6.07 Å². The molecule has 1 heterocycles. The van der Waals surface area contributed by atoms with Crippen LogP contribution in [0.5, 0.6) is 11.5 Å². The van der Waals surface area contributed by atoms with E-state index in [2.05, 4.69) is 38.2 Å². The zero-order valence-corrected chi connectivity index (χ0v) is 12.6. The van der Waals surface area contributed by atoms with Crippen LogP contribution in [-0.4, -0.2) is 26.8 Å². The van der Waals surface area contributed by atoms with E-state index in [9.17, 15) is 0 Å². The van der Waals surface area contributed by atoms with Crippen LogP contribution in [-0.2, 0) is 0 Å². The fraction of sp³-hybridized carbons (Fsp3) is 0.625. The Morgan fingerprint density at radius 1 is 1.05 bits per heavy atom. The molecule has 0 aromatic heterocycles. The van der Waals surface area contributed by atoms with Crippen molar-refractivity contribution in [3.05, 3.63) is 23.8 Å². The van der Waals surface area contributed by atoms with E-state index in [-0.39, 0.29) is 0 Å². The molecule has 0 spiro atoms. The minimum atomic E-state index is 0.303. The second kappa shape index (κ2) is 5.41. The first-order valence-electron chi connectivity index (χ1n) is 6.90. The number of rotatable bonds is 3. The van der Waals surface area contributed by atoms with E-state index in [1.165, 1.54) is 12.0 Å². The molecule has 1 aliphatic heterocycles. The molecule has 1 aromatic rings. The minimum absolute atomic E-state index is 0.303. The molecule has 1 N–H and O–H groups in total. The van der Waals surface area contributed by atoms with E-state index < -0.39 is 0 Å². The van der Waals surface area contributed by atoms with Gasteiger partial charge in [0.1, 0.15) is 11.5 Å². The predicted molar refractivity (Wildman–Crippen MR) is 78.1 cm³/mol. The van der Waals surface area contributed by atoms with Gasteiger partial charge in [0.2, 0.25) is 0 Å². The molecule has 1 aliphatic rings. The average Bonchev–Trinajstić information content (AvgIpc) is 2.87. The van der Waals surface area contributed by atoms with E-state index in [0.717, 1.165) is 18.0 Å². The summed E-state index contributed by atoms with van der Waals surface area (Å²) >= 11 is 0. The van der Waals surface area contributed by atoms with E-state index >= 15 is 0 Å². The summed E-state index contributed by atoms with van der Waals surface area (Å²) in [5, 5.41) is 3.64. The zero-order valence-electron chi connectivity index (χ0n) is 12.6. The van der Waals surface area contributed by atoms with Crippen LogP contribution < -0.4 is 14.8 Å². The molecule has 0 bridgehead atoms. The molecule has 0 aliphatic carbocycles. The van der Waals surface area contributed by atoms with Gasteiger partial charge in [-0.2, -0.15) is 0 Å². The fourth-order valence-corrected chi connectivity index (χ4v) is 2.71. The fourth-order valence-electron chi connectivity index (χ4n) is 2.71. The largest absolute Gasteiger partial charge is 0.497 e. The van der Waals surface area contributed by atoms with Crippen LogP contribution in [0.1, 0.15) is 38.7 Å². The van der Waals surface area contributed by atoms with Crippen molar-refractivity contribution in [3.8, 4) is 11.5 Å². The number of benzene rings is 1. The SMILES string of the molecule is COc1cc(OC)cc(C2CNC(C(C)(C)C)C2)c1.